The zero-order valence-electron chi connectivity index (χ0n) is 10.2. The average molecular weight is 233 g/mol. The first-order valence-corrected chi connectivity index (χ1v) is 6.13. The van der Waals surface area contributed by atoms with Crippen LogP contribution in [0.3, 0.4) is 0 Å². The molecule has 0 aromatic carbocycles. The minimum absolute atomic E-state index is 0.0817. The molecule has 1 heterocycles. The van der Waals surface area contributed by atoms with Crippen LogP contribution in [0.4, 0.5) is 5.69 Å². The molecule has 4 nitrogen and oxygen atoms in total. The summed E-state index contributed by atoms with van der Waals surface area (Å²) in [7, 11) is 0. The Morgan fingerprint density at radius 2 is 2.12 bits per heavy atom. The number of carbonyl (C=O) groups is 1. The van der Waals surface area contributed by atoms with Crippen molar-refractivity contribution < 1.29 is 4.79 Å². The second-order valence-corrected chi connectivity index (χ2v) is 5.05. The average Bonchev–Trinajstić information content (AvgIpc) is 2.29. The van der Waals surface area contributed by atoms with Crippen LogP contribution >= 0.6 is 0 Å². The Labute approximate surface area is 102 Å². The van der Waals surface area contributed by atoms with Crippen molar-refractivity contribution in [2.45, 2.75) is 44.6 Å². The van der Waals surface area contributed by atoms with E-state index in [-0.39, 0.29) is 11.4 Å². The highest BCUT2D eigenvalue weighted by Gasteiger charge is 2.28. The van der Waals surface area contributed by atoms with Crippen LogP contribution in [0.25, 0.3) is 0 Å². The minimum atomic E-state index is -0.123. The van der Waals surface area contributed by atoms with E-state index in [2.05, 4.69) is 17.2 Å². The third-order valence-corrected chi connectivity index (χ3v) is 3.39. The van der Waals surface area contributed by atoms with Gasteiger partial charge in [0.05, 0.1) is 0 Å². The van der Waals surface area contributed by atoms with E-state index < -0.39 is 0 Å². The van der Waals surface area contributed by atoms with E-state index >= 15 is 0 Å². The first-order valence-electron chi connectivity index (χ1n) is 6.13. The summed E-state index contributed by atoms with van der Waals surface area (Å²) in [6, 6.07) is 3.29. The summed E-state index contributed by atoms with van der Waals surface area (Å²) < 4.78 is 0. The molecule has 0 atom stereocenters. The van der Waals surface area contributed by atoms with Gasteiger partial charge in [-0.05, 0) is 31.9 Å². The lowest BCUT2D eigenvalue weighted by Gasteiger charge is -2.34. The van der Waals surface area contributed by atoms with Crippen LogP contribution in [0.1, 0.15) is 49.5 Å². The maximum absolute atomic E-state index is 12.0. The van der Waals surface area contributed by atoms with Crippen molar-refractivity contribution in [1.29, 1.82) is 0 Å². The van der Waals surface area contributed by atoms with Gasteiger partial charge in [-0.3, -0.25) is 9.78 Å². The molecule has 0 unspecified atom stereocenters. The van der Waals surface area contributed by atoms with Crippen molar-refractivity contribution in [1.82, 2.24) is 10.3 Å². The van der Waals surface area contributed by atoms with E-state index in [4.69, 9.17) is 5.73 Å². The maximum atomic E-state index is 12.0. The van der Waals surface area contributed by atoms with Gasteiger partial charge in [-0.1, -0.05) is 19.3 Å². The van der Waals surface area contributed by atoms with Gasteiger partial charge in [-0.25, -0.2) is 0 Å². The molecule has 0 radical (unpaired) electrons. The predicted molar refractivity (Wildman–Crippen MR) is 67.6 cm³/mol. The van der Waals surface area contributed by atoms with E-state index in [1.54, 1.807) is 18.3 Å². The molecule has 1 aliphatic rings. The molecule has 17 heavy (non-hydrogen) atoms. The first kappa shape index (κ1) is 11.9. The third kappa shape index (κ3) is 2.96. The van der Waals surface area contributed by atoms with Crippen molar-refractivity contribution in [2.75, 3.05) is 5.73 Å². The highest BCUT2D eigenvalue weighted by Crippen LogP contribution is 2.27. The summed E-state index contributed by atoms with van der Waals surface area (Å²) in [5.41, 5.74) is 6.53. The van der Waals surface area contributed by atoms with E-state index in [0.29, 0.717) is 11.4 Å². The standard InChI is InChI=1S/C13H19N3O/c1-13(6-3-2-4-7-13)16-12(17)11-9-10(14)5-8-15-11/h5,8-9H,2-4,6-7H2,1H3,(H2,14,15)(H,16,17). The Bertz CT molecular complexity index is 411. The molecule has 1 amide bonds. The third-order valence-electron chi connectivity index (χ3n) is 3.39. The fraction of sp³-hybridized carbons (Fsp3) is 0.538. The second-order valence-electron chi connectivity index (χ2n) is 5.05. The number of rotatable bonds is 2. The van der Waals surface area contributed by atoms with Gasteiger partial charge >= 0.3 is 0 Å². The molecular weight excluding hydrogens is 214 g/mol. The lowest BCUT2D eigenvalue weighted by molar-refractivity contribution is 0.0877. The molecule has 1 aromatic heterocycles. The number of hydrogen-bond donors (Lipinski definition) is 2. The molecule has 1 aliphatic carbocycles. The monoisotopic (exact) mass is 233 g/mol. The number of amides is 1. The topological polar surface area (TPSA) is 68.0 Å². The number of carbonyl (C=O) groups excluding carboxylic acids is 1. The van der Waals surface area contributed by atoms with Gasteiger partial charge in [0, 0.05) is 17.4 Å². The van der Waals surface area contributed by atoms with Gasteiger partial charge < -0.3 is 11.1 Å². The Balaban J connectivity index is 2.06. The van der Waals surface area contributed by atoms with Crippen LogP contribution in [0, 0.1) is 0 Å². The van der Waals surface area contributed by atoms with Gasteiger partial charge in [0.25, 0.3) is 5.91 Å². The van der Waals surface area contributed by atoms with Gasteiger partial charge in [0.2, 0.25) is 0 Å². The summed E-state index contributed by atoms with van der Waals surface area (Å²) >= 11 is 0. The van der Waals surface area contributed by atoms with Crippen LogP contribution in [-0.2, 0) is 0 Å². The van der Waals surface area contributed by atoms with Gasteiger partial charge in [-0.2, -0.15) is 0 Å². The lowest BCUT2D eigenvalue weighted by atomic mass is 9.83. The molecule has 3 N–H and O–H groups in total. The van der Waals surface area contributed by atoms with Crippen LogP contribution < -0.4 is 11.1 Å². The molecule has 92 valence electrons. The number of nitrogens with zero attached hydrogens (tertiary/aromatic N) is 1. The molecule has 0 saturated heterocycles. The largest absolute Gasteiger partial charge is 0.399 e. The molecule has 0 spiro atoms. The molecule has 4 heteroatoms. The summed E-state index contributed by atoms with van der Waals surface area (Å²) in [5, 5.41) is 3.08. The Kier molecular flexibility index (Phi) is 3.31. The van der Waals surface area contributed by atoms with Gasteiger partial charge in [0.15, 0.2) is 0 Å². The number of aromatic nitrogens is 1. The summed E-state index contributed by atoms with van der Waals surface area (Å²) in [6.45, 7) is 2.11. The lowest BCUT2D eigenvalue weighted by Crippen LogP contribution is -2.47. The fourth-order valence-corrected chi connectivity index (χ4v) is 2.37. The van der Waals surface area contributed by atoms with Crippen molar-refractivity contribution in [3.05, 3.63) is 24.0 Å². The number of pyridine rings is 1. The number of hydrogen-bond acceptors (Lipinski definition) is 3. The summed E-state index contributed by atoms with van der Waals surface area (Å²) in [6.07, 6.45) is 7.28. The molecule has 0 aliphatic heterocycles. The highest BCUT2D eigenvalue weighted by atomic mass is 16.2. The fourth-order valence-electron chi connectivity index (χ4n) is 2.37. The molecule has 0 bridgehead atoms. The maximum Gasteiger partial charge on any atom is 0.270 e. The van der Waals surface area contributed by atoms with E-state index in [1.165, 1.54) is 19.3 Å². The molecule has 1 fully saturated rings. The minimum Gasteiger partial charge on any atom is -0.399 e. The van der Waals surface area contributed by atoms with E-state index in [0.717, 1.165) is 12.8 Å². The Hall–Kier alpha value is -1.58. The predicted octanol–water partition coefficient (Wildman–Crippen LogP) is 2.12. The van der Waals surface area contributed by atoms with E-state index in [9.17, 15) is 4.79 Å². The number of anilines is 1. The number of nitrogen functional groups attached to an aromatic ring is 1. The quantitative estimate of drug-likeness (QED) is 0.822. The Morgan fingerprint density at radius 3 is 2.76 bits per heavy atom. The smallest absolute Gasteiger partial charge is 0.270 e. The zero-order valence-corrected chi connectivity index (χ0v) is 10.2. The summed E-state index contributed by atoms with van der Waals surface area (Å²) in [5.74, 6) is -0.123. The van der Waals surface area contributed by atoms with Crippen molar-refractivity contribution in [3.8, 4) is 0 Å². The zero-order chi connectivity index (χ0) is 12.3. The first-order chi connectivity index (χ1) is 8.09. The van der Waals surface area contributed by atoms with E-state index in [1.807, 2.05) is 0 Å². The van der Waals surface area contributed by atoms with Gasteiger partial charge in [-0.15, -0.1) is 0 Å². The number of nitrogens with one attached hydrogen (secondary N) is 1. The van der Waals surface area contributed by atoms with Crippen molar-refractivity contribution >= 4 is 11.6 Å². The SMILES string of the molecule is CC1(NC(=O)c2cc(N)ccn2)CCCCC1. The van der Waals surface area contributed by atoms with Crippen molar-refractivity contribution in [2.24, 2.45) is 0 Å². The molecular formula is C13H19N3O. The Morgan fingerprint density at radius 1 is 1.41 bits per heavy atom. The highest BCUT2D eigenvalue weighted by molar-refractivity contribution is 5.93. The normalized spacial score (nSPS) is 18.6. The van der Waals surface area contributed by atoms with Crippen LogP contribution in [-0.4, -0.2) is 16.4 Å². The van der Waals surface area contributed by atoms with Crippen LogP contribution in [0.2, 0.25) is 0 Å². The van der Waals surface area contributed by atoms with Gasteiger partial charge in [0.1, 0.15) is 5.69 Å². The molecule has 1 aromatic rings. The van der Waals surface area contributed by atoms with Crippen molar-refractivity contribution in [3.63, 3.8) is 0 Å². The van der Waals surface area contributed by atoms with Crippen LogP contribution in [0.15, 0.2) is 18.3 Å². The van der Waals surface area contributed by atoms with Crippen LogP contribution in [0.5, 0.6) is 0 Å². The molecule has 2 rings (SSSR count). The number of nitrogens with two attached hydrogens (primary N) is 1. The molecule has 1 saturated carbocycles. The second kappa shape index (κ2) is 4.73. The summed E-state index contributed by atoms with van der Waals surface area (Å²) in [4.78, 5) is 16.1.